The molecule has 0 N–H and O–H groups in total. The van der Waals surface area contributed by atoms with Crippen LogP contribution in [-0.2, 0) is 0 Å². The van der Waals surface area contributed by atoms with Crippen LogP contribution in [0.15, 0.2) is 12.1 Å². The second-order valence-corrected chi connectivity index (χ2v) is 3.81. The summed E-state index contributed by atoms with van der Waals surface area (Å²) in [6.07, 6.45) is 0. The highest BCUT2D eigenvalue weighted by Gasteiger charge is 2.11. The van der Waals surface area contributed by atoms with Crippen LogP contribution in [0.25, 0.3) is 10.1 Å². The first-order valence-corrected chi connectivity index (χ1v) is 5.08. The van der Waals surface area contributed by atoms with Gasteiger partial charge in [-0.1, -0.05) is 11.6 Å². The quantitative estimate of drug-likeness (QED) is 0.794. The van der Waals surface area contributed by atoms with E-state index < -0.39 is 0 Å². The zero-order valence-corrected chi connectivity index (χ0v) is 9.28. The van der Waals surface area contributed by atoms with Gasteiger partial charge in [-0.05, 0) is 17.6 Å². The first-order chi connectivity index (χ1) is 6.76. The topological polar surface area (TPSA) is 31.4 Å². The summed E-state index contributed by atoms with van der Waals surface area (Å²) in [7, 11) is 3.22. The lowest BCUT2D eigenvalue weighted by atomic mass is 10.2. The fraction of sp³-hybridized carbons (Fsp3) is 0.222. The molecule has 0 fully saturated rings. The summed E-state index contributed by atoms with van der Waals surface area (Å²) in [6.45, 7) is 0. The predicted octanol–water partition coefficient (Wildman–Crippen LogP) is 2.97. The number of aromatic nitrogens is 1. The Morgan fingerprint density at radius 2 is 2.07 bits per heavy atom. The minimum atomic E-state index is 0.488. The number of hydrogen-bond donors (Lipinski definition) is 0. The van der Waals surface area contributed by atoms with Gasteiger partial charge in [0.05, 0.1) is 18.9 Å². The van der Waals surface area contributed by atoms with Crippen molar-refractivity contribution >= 4 is 33.2 Å². The zero-order valence-electron chi connectivity index (χ0n) is 7.70. The molecule has 14 heavy (non-hydrogen) atoms. The number of methoxy groups -OCH3 is 2. The molecule has 0 saturated heterocycles. The lowest BCUT2D eigenvalue weighted by Gasteiger charge is -2.04. The smallest absolute Gasteiger partial charge is 0.150 e. The van der Waals surface area contributed by atoms with Crippen molar-refractivity contribution in [1.82, 2.24) is 4.37 Å². The van der Waals surface area contributed by atoms with Crippen LogP contribution < -0.4 is 9.47 Å². The second-order valence-electron chi connectivity index (χ2n) is 2.68. The van der Waals surface area contributed by atoms with Crippen molar-refractivity contribution in [3.05, 3.63) is 17.3 Å². The first-order valence-electron chi connectivity index (χ1n) is 3.93. The van der Waals surface area contributed by atoms with E-state index >= 15 is 0 Å². The third kappa shape index (κ3) is 1.40. The summed E-state index contributed by atoms with van der Waals surface area (Å²) < 4.78 is 15.3. The van der Waals surface area contributed by atoms with E-state index in [1.165, 1.54) is 11.5 Å². The number of nitrogens with zero attached hydrogens (tertiary/aromatic N) is 1. The van der Waals surface area contributed by atoms with Gasteiger partial charge in [0, 0.05) is 11.5 Å². The average molecular weight is 230 g/mol. The summed E-state index contributed by atoms with van der Waals surface area (Å²) >= 11 is 7.24. The van der Waals surface area contributed by atoms with Crippen molar-refractivity contribution in [2.24, 2.45) is 0 Å². The van der Waals surface area contributed by atoms with Crippen LogP contribution in [0, 0.1) is 0 Å². The molecule has 0 bridgehead atoms. The van der Waals surface area contributed by atoms with Gasteiger partial charge in [-0.3, -0.25) is 0 Å². The molecule has 1 aromatic heterocycles. The third-order valence-corrected chi connectivity index (χ3v) is 3.19. The highest BCUT2D eigenvalue weighted by atomic mass is 35.5. The Bertz CT molecular complexity index is 469. The molecule has 74 valence electrons. The SMILES string of the molecule is COc1cc(OC)c2snc(Cl)c2c1. The number of benzene rings is 1. The predicted molar refractivity (Wildman–Crippen MR) is 57.7 cm³/mol. The van der Waals surface area contributed by atoms with Crippen LogP contribution in [-0.4, -0.2) is 18.6 Å². The molecule has 0 aliphatic heterocycles. The molecule has 0 spiro atoms. The standard InChI is InChI=1S/C9H8ClNO2S/c1-12-5-3-6-8(7(4-5)13-2)14-11-9(6)10/h3-4H,1-2H3. The maximum Gasteiger partial charge on any atom is 0.150 e. The van der Waals surface area contributed by atoms with Crippen LogP contribution in [0.4, 0.5) is 0 Å². The normalized spacial score (nSPS) is 10.5. The molecule has 0 aliphatic carbocycles. The highest BCUT2D eigenvalue weighted by Crippen LogP contribution is 2.37. The molecule has 0 saturated carbocycles. The van der Waals surface area contributed by atoms with Gasteiger partial charge in [-0.15, -0.1) is 0 Å². The van der Waals surface area contributed by atoms with Crippen molar-refractivity contribution in [2.45, 2.75) is 0 Å². The van der Waals surface area contributed by atoms with Gasteiger partial charge >= 0.3 is 0 Å². The Morgan fingerprint density at radius 3 is 2.71 bits per heavy atom. The van der Waals surface area contributed by atoms with Gasteiger partial charge in [-0.25, -0.2) is 0 Å². The number of halogens is 1. The molecule has 3 nitrogen and oxygen atoms in total. The summed E-state index contributed by atoms with van der Waals surface area (Å²) in [4.78, 5) is 0. The van der Waals surface area contributed by atoms with E-state index in [0.29, 0.717) is 5.15 Å². The average Bonchev–Trinajstić information content (AvgIpc) is 2.59. The molecule has 5 heteroatoms. The van der Waals surface area contributed by atoms with Crippen LogP contribution in [0.2, 0.25) is 5.15 Å². The molecule has 2 rings (SSSR count). The van der Waals surface area contributed by atoms with E-state index in [1.807, 2.05) is 12.1 Å². The Hall–Kier alpha value is -1.00. The Labute approximate surface area is 90.4 Å². The van der Waals surface area contributed by atoms with Crippen molar-refractivity contribution in [3.63, 3.8) is 0 Å². The van der Waals surface area contributed by atoms with E-state index in [0.717, 1.165) is 21.6 Å². The number of hydrogen-bond acceptors (Lipinski definition) is 4. The summed E-state index contributed by atoms with van der Waals surface area (Å²) in [5, 5.41) is 1.36. The lowest BCUT2D eigenvalue weighted by molar-refractivity contribution is 0.398. The van der Waals surface area contributed by atoms with Gasteiger partial charge in [0.1, 0.15) is 11.5 Å². The van der Waals surface area contributed by atoms with Gasteiger partial charge in [-0.2, -0.15) is 4.37 Å². The van der Waals surface area contributed by atoms with Crippen molar-refractivity contribution in [3.8, 4) is 11.5 Å². The van der Waals surface area contributed by atoms with Crippen molar-refractivity contribution in [1.29, 1.82) is 0 Å². The van der Waals surface area contributed by atoms with Crippen LogP contribution in [0.3, 0.4) is 0 Å². The van der Waals surface area contributed by atoms with E-state index in [9.17, 15) is 0 Å². The fourth-order valence-electron chi connectivity index (χ4n) is 1.23. The molecular weight excluding hydrogens is 222 g/mol. The Morgan fingerprint density at radius 1 is 1.29 bits per heavy atom. The Kier molecular flexibility index (Phi) is 2.48. The summed E-state index contributed by atoms with van der Waals surface area (Å²) in [5.74, 6) is 1.46. The van der Waals surface area contributed by atoms with E-state index in [-0.39, 0.29) is 0 Å². The number of rotatable bonds is 2. The highest BCUT2D eigenvalue weighted by molar-refractivity contribution is 7.14. The molecular formula is C9H8ClNO2S. The summed E-state index contributed by atoms with van der Waals surface area (Å²) in [5.41, 5.74) is 0. The molecule has 1 aromatic carbocycles. The molecule has 0 unspecified atom stereocenters. The van der Waals surface area contributed by atoms with Crippen molar-refractivity contribution < 1.29 is 9.47 Å². The maximum absolute atomic E-state index is 5.92. The van der Waals surface area contributed by atoms with Gasteiger partial charge in [0.15, 0.2) is 5.15 Å². The minimum Gasteiger partial charge on any atom is -0.497 e. The minimum absolute atomic E-state index is 0.488. The van der Waals surface area contributed by atoms with Gasteiger partial charge in [0.25, 0.3) is 0 Å². The zero-order chi connectivity index (χ0) is 10.1. The van der Waals surface area contributed by atoms with Crippen LogP contribution in [0.1, 0.15) is 0 Å². The van der Waals surface area contributed by atoms with Gasteiger partial charge in [0.2, 0.25) is 0 Å². The Balaban J connectivity index is 2.76. The summed E-state index contributed by atoms with van der Waals surface area (Å²) in [6, 6.07) is 3.67. The number of fused-ring (bicyclic) bond motifs is 1. The maximum atomic E-state index is 5.92. The van der Waals surface area contributed by atoms with Crippen LogP contribution >= 0.6 is 23.1 Å². The van der Waals surface area contributed by atoms with E-state index in [4.69, 9.17) is 21.1 Å². The molecule has 2 aromatic rings. The van der Waals surface area contributed by atoms with Crippen LogP contribution in [0.5, 0.6) is 11.5 Å². The van der Waals surface area contributed by atoms with E-state index in [1.54, 1.807) is 14.2 Å². The monoisotopic (exact) mass is 229 g/mol. The van der Waals surface area contributed by atoms with Gasteiger partial charge < -0.3 is 9.47 Å². The molecule has 0 radical (unpaired) electrons. The molecule has 0 amide bonds. The molecule has 0 aliphatic rings. The molecule has 1 heterocycles. The lowest BCUT2D eigenvalue weighted by Crippen LogP contribution is -1.86. The second kappa shape index (κ2) is 3.63. The van der Waals surface area contributed by atoms with E-state index in [2.05, 4.69) is 4.37 Å². The largest absolute Gasteiger partial charge is 0.497 e. The van der Waals surface area contributed by atoms with Crippen molar-refractivity contribution in [2.75, 3.05) is 14.2 Å². The fourth-order valence-corrected chi connectivity index (χ4v) is 2.29. The molecule has 0 atom stereocenters. The first kappa shape index (κ1) is 9.55. The number of ether oxygens (including phenoxy) is 2. The third-order valence-electron chi connectivity index (χ3n) is 1.92.